The number of ether oxygens (including phenoxy) is 15. The molecular weight excluding hydrogens is 1170 g/mol. The van der Waals surface area contributed by atoms with E-state index in [1.165, 1.54) is 0 Å². The number of unbranched alkanes of at least 4 members (excludes halogenated alkanes) is 1. The maximum atomic E-state index is 11.0. The number of aliphatic hydroxyl groups is 3. The zero-order valence-electron chi connectivity index (χ0n) is 51.2. The zero-order chi connectivity index (χ0) is 63.4. The number of hydrogen-bond donors (Lipinski definition) is 3. The molecule has 90 heavy (non-hydrogen) atoms. The maximum Gasteiger partial charge on any atom is 0.167 e. The lowest BCUT2D eigenvalue weighted by Crippen LogP contribution is -2.60. The Bertz CT molecular complexity index is 2820. The third kappa shape index (κ3) is 18.2. The Hall–Kier alpha value is -5.57. The summed E-state index contributed by atoms with van der Waals surface area (Å²) in [4.78, 5) is 9.42. The van der Waals surface area contributed by atoms with Crippen molar-refractivity contribution in [2.45, 2.75) is 203 Å². The van der Waals surface area contributed by atoms with E-state index in [1.54, 1.807) is 6.92 Å². The zero-order valence-corrected chi connectivity index (χ0v) is 51.2. The fourth-order valence-corrected chi connectivity index (χ4v) is 12.4. The number of terminal acetylenes is 1. The first-order valence-electron chi connectivity index (χ1n) is 31.0. The number of nitrogens with zero attached hydrogens (tertiary/aromatic N) is 9. The minimum Gasteiger partial charge on any atom is -0.394 e. The third-order valence-corrected chi connectivity index (χ3v) is 17.5. The molecule has 27 nitrogen and oxygen atoms in total. The Balaban J connectivity index is 0.860. The summed E-state index contributed by atoms with van der Waals surface area (Å²) in [6.07, 6.45) is -7.39. The van der Waals surface area contributed by atoms with Crippen LogP contribution in [0.3, 0.4) is 0 Å². The largest absolute Gasteiger partial charge is 0.394 e. The van der Waals surface area contributed by atoms with Crippen LogP contribution in [-0.4, -0.2) is 185 Å². The summed E-state index contributed by atoms with van der Waals surface area (Å²) in [6.45, 7) is 7.39. The van der Waals surface area contributed by atoms with Gasteiger partial charge in [0.2, 0.25) is 0 Å². The van der Waals surface area contributed by atoms with Crippen LogP contribution in [0.5, 0.6) is 0 Å². The van der Waals surface area contributed by atoms with Gasteiger partial charge < -0.3 is 86.4 Å². The van der Waals surface area contributed by atoms with Gasteiger partial charge in [0.15, 0.2) is 37.7 Å². The van der Waals surface area contributed by atoms with Gasteiger partial charge in [-0.25, -0.2) is 0 Å². The Labute approximate surface area is 523 Å². The van der Waals surface area contributed by atoms with Gasteiger partial charge in [0.05, 0.1) is 121 Å². The number of benzene rings is 3. The average molecular weight is 1260 g/mol. The molecule has 6 aliphatic rings. The van der Waals surface area contributed by atoms with Crippen molar-refractivity contribution in [1.82, 2.24) is 0 Å². The van der Waals surface area contributed by atoms with Crippen LogP contribution in [0.4, 0.5) is 0 Å². The minimum absolute atomic E-state index is 0.0918. The quantitative estimate of drug-likeness (QED) is 0.0194. The van der Waals surface area contributed by atoms with Crippen LogP contribution in [0.25, 0.3) is 31.3 Å². The lowest BCUT2D eigenvalue weighted by molar-refractivity contribution is -0.343. The highest BCUT2D eigenvalue weighted by atomic mass is 16.8. The van der Waals surface area contributed by atoms with Gasteiger partial charge in [-0.05, 0) is 57.5 Å². The first kappa shape index (κ1) is 68.8. The molecule has 0 aromatic heterocycles. The van der Waals surface area contributed by atoms with Gasteiger partial charge in [0.1, 0.15) is 30.5 Å². The van der Waals surface area contributed by atoms with Gasteiger partial charge in [0, 0.05) is 46.3 Å². The molecule has 3 aromatic rings. The molecule has 0 aliphatic carbocycles. The molecule has 9 rings (SSSR count). The van der Waals surface area contributed by atoms with Crippen LogP contribution < -0.4 is 0 Å². The summed E-state index contributed by atoms with van der Waals surface area (Å²) in [5.41, 5.74) is 32.3. The van der Waals surface area contributed by atoms with E-state index in [0.717, 1.165) is 16.7 Å². The van der Waals surface area contributed by atoms with Crippen molar-refractivity contribution >= 4 is 0 Å². The van der Waals surface area contributed by atoms with E-state index in [-0.39, 0.29) is 57.9 Å². The molecular formula is C63H85N9O18. The molecule has 0 radical (unpaired) electrons. The van der Waals surface area contributed by atoms with Gasteiger partial charge >= 0.3 is 0 Å². The molecule has 490 valence electrons. The van der Waals surface area contributed by atoms with E-state index in [2.05, 4.69) is 42.9 Å². The summed E-state index contributed by atoms with van der Waals surface area (Å²) in [5, 5.41) is 44.7. The molecule has 3 N–H and O–H groups in total. The first-order valence-corrected chi connectivity index (χ1v) is 31.0. The van der Waals surface area contributed by atoms with Crippen molar-refractivity contribution in [3.63, 3.8) is 0 Å². The smallest absolute Gasteiger partial charge is 0.167 e. The van der Waals surface area contributed by atoms with Crippen molar-refractivity contribution < 1.29 is 86.4 Å². The molecule has 24 atom stereocenters. The van der Waals surface area contributed by atoms with Crippen molar-refractivity contribution in [2.24, 2.45) is 39.0 Å². The maximum absolute atomic E-state index is 11.0. The Morgan fingerprint density at radius 3 is 1.21 bits per heavy atom. The lowest BCUT2D eigenvalue weighted by atomic mass is 9.88. The van der Waals surface area contributed by atoms with Crippen LogP contribution in [0.1, 0.15) is 76.5 Å². The van der Waals surface area contributed by atoms with Crippen molar-refractivity contribution in [2.75, 3.05) is 46.2 Å². The van der Waals surface area contributed by atoms with E-state index >= 15 is 0 Å². The van der Waals surface area contributed by atoms with Crippen LogP contribution in [0.15, 0.2) is 106 Å². The van der Waals surface area contributed by atoms with Gasteiger partial charge in [-0.2, -0.15) is 0 Å². The van der Waals surface area contributed by atoms with E-state index in [1.807, 2.05) is 105 Å². The summed E-state index contributed by atoms with van der Waals surface area (Å²) in [7, 11) is 0. The van der Waals surface area contributed by atoms with Crippen LogP contribution in [-0.2, 0) is 90.9 Å². The van der Waals surface area contributed by atoms with Crippen molar-refractivity contribution in [3.05, 3.63) is 139 Å². The fraction of sp³-hybridized carbons (Fsp3) is 0.683. The molecule has 6 fully saturated rings. The molecule has 6 heterocycles. The summed E-state index contributed by atoms with van der Waals surface area (Å²) in [5.74, 6) is 0.982. The number of azide groups is 3. The molecule has 0 spiro atoms. The predicted octanol–water partition coefficient (Wildman–Crippen LogP) is 8.07. The van der Waals surface area contributed by atoms with E-state index in [9.17, 15) is 31.9 Å². The minimum atomic E-state index is -1.23. The average Bonchev–Trinajstić information content (AvgIpc) is 0.847. The molecule has 6 unspecified atom stereocenters. The predicted molar refractivity (Wildman–Crippen MR) is 319 cm³/mol. The second-order valence-electron chi connectivity index (χ2n) is 23.6. The van der Waals surface area contributed by atoms with Gasteiger partial charge in [0.25, 0.3) is 0 Å². The molecule has 27 heteroatoms. The SMILES string of the molecule is C#CCCCO[C@@H]1OC(CO)[C@H](O[C@H]2C[C@H](OCc3ccccc3)[C@@H](O[C@@H]3OC(CO)[C@H](O[C@H]4C[C@H](OCc5ccccc5)[C@@H](O[C@@H]5OC(CO)[C@H](O[C@H]6C[C@H](OCc7ccccc7)[C@@H](C)CO6)[C@H](C)C5N=[N+]=[N-])CO4)[C@H](C)C3N=[N+]=[N-])CO2)[C@H](C)C1N=[N+]=[N-]. The molecule has 0 saturated carbocycles. The normalized spacial score (nSPS) is 37.1. The van der Waals surface area contributed by atoms with Crippen molar-refractivity contribution in [1.29, 1.82) is 0 Å². The standard InChI is InChI=1S/C63H85N9O18/c1-6-7-17-24-76-61-55(67-70-64)38(3)58(47(28-73)83-61)89-53-26-45(78-33-42-20-13-9-14-21-42)50(35-81-53)87-63-57(69-72-66)40(5)60(49(30-75)85-63)90-54-27-46(79-34-43-22-15-10-16-23-43)51(36-82-54)86-62-56(68-71-65)39(4)59(48(29-74)84-62)88-52-25-44(37(2)31-80-52)77-32-41-18-11-8-12-19-41/h1,8-16,18-23,37-40,44-63,73-75H,7,17,24-36H2,2-5H3/t37-,38+,39+,40+,44-,45-,46-,47?,48?,49?,50-,51-,52-,53-,54-,55?,56?,57?,58+,59+,60+,61+,62-,63-/m0/s1. The fourth-order valence-electron chi connectivity index (χ4n) is 12.4. The molecule has 3 aromatic carbocycles. The van der Waals surface area contributed by atoms with Gasteiger partial charge in [-0.15, -0.1) is 12.3 Å². The molecule has 6 aliphatic heterocycles. The second-order valence-corrected chi connectivity index (χ2v) is 23.6. The van der Waals surface area contributed by atoms with Gasteiger partial charge in [-0.3, -0.25) is 0 Å². The van der Waals surface area contributed by atoms with E-state index in [4.69, 9.17) is 77.5 Å². The monoisotopic (exact) mass is 1260 g/mol. The third-order valence-electron chi connectivity index (χ3n) is 17.5. The molecule has 0 bridgehead atoms. The first-order chi connectivity index (χ1) is 43.9. The number of rotatable bonds is 29. The molecule has 6 saturated heterocycles. The summed E-state index contributed by atoms with van der Waals surface area (Å²) < 4.78 is 96.8. The Morgan fingerprint density at radius 2 is 0.833 bits per heavy atom. The van der Waals surface area contributed by atoms with Gasteiger partial charge in [-0.1, -0.05) is 134 Å². The number of aliphatic hydroxyl groups excluding tert-OH is 3. The van der Waals surface area contributed by atoms with E-state index in [0.29, 0.717) is 32.5 Å². The van der Waals surface area contributed by atoms with Crippen LogP contribution in [0, 0.1) is 36.0 Å². The van der Waals surface area contributed by atoms with E-state index < -0.39 is 154 Å². The topological polar surface area (TPSA) is 345 Å². The van der Waals surface area contributed by atoms with Crippen LogP contribution >= 0.6 is 0 Å². The van der Waals surface area contributed by atoms with Crippen LogP contribution in [0.2, 0.25) is 0 Å². The second kappa shape index (κ2) is 34.9. The van der Waals surface area contributed by atoms with Crippen molar-refractivity contribution in [3.8, 4) is 12.3 Å². The summed E-state index contributed by atoms with van der Waals surface area (Å²) in [6, 6.07) is 26.3. The Morgan fingerprint density at radius 1 is 0.478 bits per heavy atom. The molecule has 0 amide bonds. The lowest BCUT2D eigenvalue weighted by Gasteiger charge is -2.48. The highest BCUT2D eigenvalue weighted by Crippen LogP contribution is 2.40. The summed E-state index contributed by atoms with van der Waals surface area (Å²) >= 11 is 0. The number of hydrogen-bond acceptors (Lipinski definition) is 21. The highest BCUT2D eigenvalue weighted by Gasteiger charge is 2.52. The Kier molecular flexibility index (Phi) is 26.7. The highest BCUT2D eigenvalue weighted by molar-refractivity contribution is 5.15.